The van der Waals surface area contributed by atoms with Crippen LogP contribution >= 0.6 is 0 Å². The van der Waals surface area contributed by atoms with E-state index in [1.807, 2.05) is 0 Å². The molecule has 2 aliphatic rings. The summed E-state index contributed by atoms with van der Waals surface area (Å²) in [6, 6.07) is 0.857. The zero-order valence-corrected chi connectivity index (χ0v) is 7.27. The molecule has 2 N–H and O–H groups in total. The predicted molar refractivity (Wildman–Crippen MR) is 46.5 cm³/mol. The first-order valence-corrected chi connectivity index (χ1v) is 4.80. The highest BCUT2D eigenvalue weighted by molar-refractivity contribution is 4.90. The molecule has 0 spiro atoms. The van der Waals surface area contributed by atoms with Gasteiger partial charge in [-0.15, -0.1) is 0 Å². The largest absolute Gasteiger partial charge is 0.316 e. The number of rotatable bonds is 3. The molecule has 64 valence electrons. The van der Waals surface area contributed by atoms with Crippen LogP contribution in [0, 0.1) is 11.8 Å². The highest BCUT2D eigenvalue weighted by atomic mass is 15.0. The minimum absolute atomic E-state index is 0.857. The summed E-state index contributed by atoms with van der Waals surface area (Å²) >= 11 is 0. The van der Waals surface area contributed by atoms with Gasteiger partial charge in [0.2, 0.25) is 0 Å². The summed E-state index contributed by atoms with van der Waals surface area (Å²) in [6.45, 7) is 6.02. The van der Waals surface area contributed by atoms with Gasteiger partial charge in [-0.05, 0) is 44.3 Å². The molecule has 2 nitrogen and oxygen atoms in total. The monoisotopic (exact) mass is 154 g/mol. The van der Waals surface area contributed by atoms with Gasteiger partial charge in [0.05, 0.1) is 0 Å². The van der Waals surface area contributed by atoms with E-state index >= 15 is 0 Å². The Morgan fingerprint density at radius 2 is 2.36 bits per heavy atom. The molecule has 3 unspecified atom stereocenters. The molecule has 1 aliphatic carbocycles. The Labute approximate surface area is 68.7 Å². The maximum Gasteiger partial charge on any atom is 0.00965 e. The second-order valence-electron chi connectivity index (χ2n) is 4.09. The number of hydrogen-bond acceptors (Lipinski definition) is 2. The zero-order valence-electron chi connectivity index (χ0n) is 7.27. The molecular weight excluding hydrogens is 136 g/mol. The molecule has 0 aromatic rings. The van der Waals surface area contributed by atoms with Gasteiger partial charge < -0.3 is 10.6 Å². The average Bonchev–Trinajstić information content (AvgIpc) is 2.55. The fourth-order valence-corrected chi connectivity index (χ4v) is 1.81. The Morgan fingerprint density at radius 1 is 1.55 bits per heavy atom. The van der Waals surface area contributed by atoms with E-state index in [2.05, 4.69) is 17.6 Å². The third-order valence-corrected chi connectivity index (χ3v) is 2.94. The van der Waals surface area contributed by atoms with E-state index in [1.54, 1.807) is 0 Å². The van der Waals surface area contributed by atoms with E-state index in [0.29, 0.717) is 0 Å². The van der Waals surface area contributed by atoms with Crippen LogP contribution < -0.4 is 10.6 Å². The van der Waals surface area contributed by atoms with Crippen molar-refractivity contribution in [2.24, 2.45) is 11.8 Å². The summed E-state index contributed by atoms with van der Waals surface area (Å²) in [5.41, 5.74) is 0. The standard InChI is InChI=1S/C9H18N2/c1-7-4-9(7)11-6-8-2-3-10-5-8/h7-11H,2-6H2,1H3. The van der Waals surface area contributed by atoms with Crippen molar-refractivity contribution in [2.45, 2.75) is 25.8 Å². The third kappa shape index (κ3) is 1.94. The van der Waals surface area contributed by atoms with Gasteiger partial charge in [0, 0.05) is 6.04 Å². The van der Waals surface area contributed by atoms with E-state index in [9.17, 15) is 0 Å². The smallest absolute Gasteiger partial charge is 0.00965 e. The Balaban J connectivity index is 1.59. The highest BCUT2D eigenvalue weighted by Crippen LogP contribution is 2.29. The first kappa shape index (κ1) is 7.56. The summed E-state index contributed by atoms with van der Waals surface area (Å²) in [5.74, 6) is 1.85. The second kappa shape index (κ2) is 3.11. The fourth-order valence-electron chi connectivity index (χ4n) is 1.81. The van der Waals surface area contributed by atoms with Crippen molar-refractivity contribution in [3.63, 3.8) is 0 Å². The van der Waals surface area contributed by atoms with Crippen LogP contribution in [0.5, 0.6) is 0 Å². The van der Waals surface area contributed by atoms with Crippen LogP contribution in [0.3, 0.4) is 0 Å². The van der Waals surface area contributed by atoms with Gasteiger partial charge in [-0.3, -0.25) is 0 Å². The van der Waals surface area contributed by atoms with Crippen molar-refractivity contribution in [3.8, 4) is 0 Å². The topological polar surface area (TPSA) is 24.1 Å². The van der Waals surface area contributed by atoms with E-state index in [4.69, 9.17) is 0 Å². The van der Waals surface area contributed by atoms with Gasteiger partial charge in [0.15, 0.2) is 0 Å². The lowest BCUT2D eigenvalue weighted by atomic mass is 10.1. The van der Waals surface area contributed by atoms with Gasteiger partial charge in [-0.2, -0.15) is 0 Å². The van der Waals surface area contributed by atoms with Gasteiger partial charge in [-0.1, -0.05) is 6.92 Å². The third-order valence-electron chi connectivity index (χ3n) is 2.94. The van der Waals surface area contributed by atoms with Crippen molar-refractivity contribution in [3.05, 3.63) is 0 Å². The molecule has 1 aliphatic heterocycles. The molecule has 1 heterocycles. The van der Waals surface area contributed by atoms with Gasteiger partial charge in [-0.25, -0.2) is 0 Å². The molecular formula is C9H18N2. The molecule has 3 atom stereocenters. The molecule has 2 fully saturated rings. The minimum atomic E-state index is 0.857. The van der Waals surface area contributed by atoms with Crippen molar-refractivity contribution in [1.29, 1.82) is 0 Å². The maximum absolute atomic E-state index is 3.61. The van der Waals surface area contributed by atoms with Crippen LogP contribution in [0.15, 0.2) is 0 Å². The van der Waals surface area contributed by atoms with Crippen molar-refractivity contribution in [1.82, 2.24) is 10.6 Å². The molecule has 0 radical (unpaired) electrons. The quantitative estimate of drug-likeness (QED) is 0.622. The molecule has 2 heteroatoms. The predicted octanol–water partition coefficient (Wildman–Crippen LogP) is 0.594. The fraction of sp³-hybridized carbons (Fsp3) is 1.00. The van der Waals surface area contributed by atoms with Crippen molar-refractivity contribution < 1.29 is 0 Å². The summed E-state index contributed by atoms with van der Waals surface area (Å²) in [7, 11) is 0. The van der Waals surface area contributed by atoms with E-state index in [0.717, 1.165) is 17.9 Å². The van der Waals surface area contributed by atoms with E-state index in [1.165, 1.54) is 32.5 Å². The molecule has 0 aromatic carbocycles. The lowest BCUT2D eigenvalue weighted by Crippen LogP contribution is -2.26. The summed E-state index contributed by atoms with van der Waals surface area (Å²) in [5, 5.41) is 7.00. The first-order chi connectivity index (χ1) is 5.36. The van der Waals surface area contributed by atoms with Crippen LogP contribution in [-0.2, 0) is 0 Å². The van der Waals surface area contributed by atoms with Crippen molar-refractivity contribution >= 4 is 0 Å². The van der Waals surface area contributed by atoms with Crippen LogP contribution in [0.25, 0.3) is 0 Å². The van der Waals surface area contributed by atoms with Crippen LogP contribution in [-0.4, -0.2) is 25.7 Å². The molecule has 1 saturated heterocycles. The number of hydrogen-bond donors (Lipinski definition) is 2. The lowest BCUT2D eigenvalue weighted by molar-refractivity contribution is 0.502. The Morgan fingerprint density at radius 3 is 2.91 bits per heavy atom. The van der Waals surface area contributed by atoms with E-state index < -0.39 is 0 Å². The van der Waals surface area contributed by atoms with Gasteiger partial charge >= 0.3 is 0 Å². The summed E-state index contributed by atoms with van der Waals surface area (Å²) in [6.07, 6.45) is 2.77. The first-order valence-electron chi connectivity index (χ1n) is 4.80. The average molecular weight is 154 g/mol. The SMILES string of the molecule is CC1CC1NCC1CCNC1. The number of nitrogens with one attached hydrogen (secondary N) is 2. The van der Waals surface area contributed by atoms with Crippen LogP contribution in [0.2, 0.25) is 0 Å². The molecule has 0 aromatic heterocycles. The molecule has 0 amide bonds. The van der Waals surface area contributed by atoms with Crippen LogP contribution in [0.4, 0.5) is 0 Å². The van der Waals surface area contributed by atoms with Gasteiger partial charge in [0.25, 0.3) is 0 Å². The molecule has 2 rings (SSSR count). The summed E-state index contributed by atoms with van der Waals surface area (Å²) < 4.78 is 0. The summed E-state index contributed by atoms with van der Waals surface area (Å²) in [4.78, 5) is 0. The van der Waals surface area contributed by atoms with E-state index in [-0.39, 0.29) is 0 Å². The lowest BCUT2D eigenvalue weighted by Gasteiger charge is -2.08. The second-order valence-corrected chi connectivity index (χ2v) is 4.09. The maximum atomic E-state index is 3.61. The molecule has 1 saturated carbocycles. The Bertz CT molecular complexity index is 130. The highest BCUT2D eigenvalue weighted by Gasteiger charge is 2.32. The Kier molecular flexibility index (Phi) is 2.14. The normalized spacial score (nSPS) is 42.8. The van der Waals surface area contributed by atoms with Gasteiger partial charge in [0.1, 0.15) is 0 Å². The molecule has 0 bridgehead atoms. The van der Waals surface area contributed by atoms with Crippen molar-refractivity contribution in [2.75, 3.05) is 19.6 Å². The zero-order chi connectivity index (χ0) is 7.68. The molecule has 11 heavy (non-hydrogen) atoms. The van der Waals surface area contributed by atoms with Crippen LogP contribution in [0.1, 0.15) is 19.8 Å². The minimum Gasteiger partial charge on any atom is -0.316 e. The Hall–Kier alpha value is -0.0800.